The van der Waals surface area contributed by atoms with Crippen LogP contribution in [-0.4, -0.2) is 27.8 Å². The maximum absolute atomic E-state index is 9.90. The third kappa shape index (κ3) is 2.57. The van der Waals surface area contributed by atoms with Crippen LogP contribution in [0.5, 0.6) is 0 Å². The lowest BCUT2D eigenvalue weighted by atomic mass is 10.0. The van der Waals surface area contributed by atoms with E-state index < -0.39 is 12.2 Å². The Balaban J connectivity index is 2.27. The number of fused-ring (bicyclic) bond motifs is 1. The summed E-state index contributed by atoms with van der Waals surface area (Å²) in [4.78, 5) is 6.73. The summed E-state index contributed by atoms with van der Waals surface area (Å²) in [6.45, 7) is -0.176. The predicted molar refractivity (Wildman–Crippen MR) is 66.7 cm³/mol. The monoisotopic (exact) mass is 244 g/mol. The highest BCUT2D eigenvalue weighted by Gasteiger charge is 2.18. The molecule has 0 bridgehead atoms. The molecular weight excluding hydrogens is 232 g/mol. The summed E-state index contributed by atoms with van der Waals surface area (Å²) in [5.74, 6) is 0. The fraction of sp³-hybridized carbons (Fsp3) is 0.250. The summed E-state index contributed by atoms with van der Waals surface area (Å²) in [6.07, 6.45) is -0.747. The van der Waals surface area contributed by atoms with Crippen molar-refractivity contribution in [2.45, 2.75) is 12.2 Å². The van der Waals surface area contributed by atoms with E-state index in [0.717, 1.165) is 10.9 Å². The molecule has 0 amide bonds. The number of para-hydroxylation sites is 1. The Morgan fingerprint density at radius 1 is 1.33 bits per heavy atom. The fourth-order valence-electron chi connectivity index (χ4n) is 1.69. The van der Waals surface area contributed by atoms with Crippen LogP contribution in [0.4, 0.5) is 0 Å². The van der Waals surface area contributed by atoms with E-state index in [9.17, 15) is 10.2 Å². The van der Waals surface area contributed by atoms with Crippen LogP contribution < -0.4 is 0 Å². The highest BCUT2D eigenvalue weighted by atomic mass is 16.3. The summed E-state index contributed by atoms with van der Waals surface area (Å²) in [5, 5.41) is 23.6. The Hall–Kier alpha value is -2.14. The van der Waals surface area contributed by atoms with Crippen molar-refractivity contribution in [2.24, 2.45) is 5.11 Å². The van der Waals surface area contributed by atoms with Gasteiger partial charge >= 0.3 is 0 Å². The SMILES string of the molecule is [N-]=[N+]=NCC(O)C(O)c1cnc2ccccc2c1. The maximum Gasteiger partial charge on any atom is 0.106 e. The lowest BCUT2D eigenvalue weighted by molar-refractivity contribution is 0.0243. The number of benzene rings is 1. The van der Waals surface area contributed by atoms with Gasteiger partial charge in [0.1, 0.15) is 6.10 Å². The van der Waals surface area contributed by atoms with E-state index in [4.69, 9.17) is 5.53 Å². The van der Waals surface area contributed by atoms with Gasteiger partial charge in [0.2, 0.25) is 0 Å². The van der Waals surface area contributed by atoms with Crippen molar-refractivity contribution in [3.05, 3.63) is 52.5 Å². The van der Waals surface area contributed by atoms with Crippen molar-refractivity contribution < 1.29 is 10.2 Å². The van der Waals surface area contributed by atoms with Crippen LogP contribution in [0.1, 0.15) is 11.7 Å². The molecule has 1 aromatic carbocycles. The zero-order chi connectivity index (χ0) is 13.0. The Kier molecular flexibility index (Phi) is 3.74. The zero-order valence-electron chi connectivity index (χ0n) is 9.51. The quantitative estimate of drug-likeness (QED) is 0.488. The number of azide groups is 1. The Morgan fingerprint density at radius 3 is 2.89 bits per heavy atom. The first kappa shape index (κ1) is 12.3. The Bertz CT molecular complexity index is 595. The molecule has 2 rings (SSSR count). The van der Waals surface area contributed by atoms with Crippen molar-refractivity contribution >= 4 is 10.9 Å². The van der Waals surface area contributed by atoms with Gasteiger partial charge in [0, 0.05) is 22.1 Å². The molecule has 0 aliphatic carbocycles. The summed E-state index contributed by atoms with van der Waals surface area (Å²) in [7, 11) is 0. The largest absolute Gasteiger partial charge is 0.390 e. The number of nitrogens with zero attached hydrogens (tertiary/aromatic N) is 4. The number of hydrogen-bond donors (Lipinski definition) is 2. The van der Waals surface area contributed by atoms with Crippen LogP contribution in [0.15, 0.2) is 41.6 Å². The van der Waals surface area contributed by atoms with Gasteiger partial charge in [-0.1, -0.05) is 23.3 Å². The molecule has 6 heteroatoms. The minimum atomic E-state index is -1.14. The molecule has 2 atom stereocenters. The summed E-state index contributed by atoms with van der Waals surface area (Å²) >= 11 is 0. The first-order chi connectivity index (χ1) is 8.72. The molecule has 0 spiro atoms. The minimum Gasteiger partial charge on any atom is -0.390 e. The Morgan fingerprint density at radius 2 is 2.11 bits per heavy atom. The maximum atomic E-state index is 9.90. The predicted octanol–water partition coefficient (Wildman–Crippen LogP) is 1.94. The second-order valence-corrected chi connectivity index (χ2v) is 3.89. The fourth-order valence-corrected chi connectivity index (χ4v) is 1.69. The number of hydrogen-bond acceptors (Lipinski definition) is 4. The summed E-state index contributed by atoms with van der Waals surface area (Å²) in [6, 6.07) is 9.24. The number of pyridine rings is 1. The molecule has 0 saturated carbocycles. The van der Waals surface area contributed by atoms with Crippen molar-refractivity contribution in [3.8, 4) is 0 Å². The zero-order valence-corrected chi connectivity index (χ0v) is 9.51. The molecule has 92 valence electrons. The molecule has 1 heterocycles. The first-order valence-electron chi connectivity index (χ1n) is 5.44. The molecule has 2 unspecified atom stereocenters. The number of aliphatic hydroxyl groups excluding tert-OH is 2. The van der Waals surface area contributed by atoms with Crippen LogP contribution >= 0.6 is 0 Å². The minimum absolute atomic E-state index is 0.176. The molecule has 6 nitrogen and oxygen atoms in total. The van der Waals surface area contributed by atoms with Gasteiger partial charge < -0.3 is 10.2 Å². The standard InChI is InChI=1S/C12H12N4O2/c13-16-15-7-11(17)12(18)9-5-8-3-1-2-4-10(8)14-6-9/h1-6,11-12,17-18H,7H2. The lowest BCUT2D eigenvalue weighted by Crippen LogP contribution is -2.21. The van der Waals surface area contributed by atoms with Crippen LogP contribution in [0.2, 0.25) is 0 Å². The van der Waals surface area contributed by atoms with E-state index in [0.29, 0.717) is 5.56 Å². The summed E-state index contributed by atoms with van der Waals surface area (Å²) < 4.78 is 0. The van der Waals surface area contributed by atoms with Crippen LogP contribution in [0, 0.1) is 0 Å². The average Bonchev–Trinajstić information content (AvgIpc) is 2.43. The van der Waals surface area contributed by atoms with E-state index >= 15 is 0 Å². The molecule has 2 aromatic rings. The number of aliphatic hydroxyl groups is 2. The highest BCUT2D eigenvalue weighted by Crippen LogP contribution is 2.20. The van der Waals surface area contributed by atoms with Crippen LogP contribution in [-0.2, 0) is 0 Å². The average molecular weight is 244 g/mol. The highest BCUT2D eigenvalue weighted by molar-refractivity contribution is 5.78. The molecule has 0 radical (unpaired) electrons. The van der Waals surface area contributed by atoms with Gasteiger partial charge in [0.05, 0.1) is 18.2 Å². The third-order valence-electron chi connectivity index (χ3n) is 2.65. The molecule has 0 aliphatic rings. The van der Waals surface area contributed by atoms with Crippen LogP contribution in [0.25, 0.3) is 21.3 Å². The van der Waals surface area contributed by atoms with Gasteiger partial charge in [-0.25, -0.2) is 0 Å². The van der Waals surface area contributed by atoms with E-state index in [1.807, 2.05) is 24.3 Å². The molecule has 0 fully saturated rings. The van der Waals surface area contributed by atoms with Crippen molar-refractivity contribution in [3.63, 3.8) is 0 Å². The summed E-state index contributed by atoms with van der Waals surface area (Å²) in [5.41, 5.74) is 9.47. The van der Waals surface area contributed by atoms with Gasteiger partial charge in [-0.05, 0) is 17.7 Å². The second-order valence-electron chi connectivity index (χ2n) is 3.89. The molecule has 18 heavy (non-hydrogen) atoms. The normalized spacial score (nSPS) is 13.9. The van der Waals surface area contributed by atoms with Gasteiger partial charge in [-0.15, -0.1) is 0 Å². The van der Waals surface area contributed by atoms with Crippen molar-refractivity contribution in [1.29, 1.82) is 0 Å². The van der Waals surface area contributed by atoms with E-state index in [-0.39, 0.29) is 6.54 Å². The van der Waals surface area contributed by atoms with Crippen molar-refractivity contribution in [2.75, 3.05) is 6.54 Å². The van der Waals surface area contributed by atoms with Crippen molar-refractivity contribution in [1.82, 2.24) is 4.98 Å². The first-order valence-corrected chi connectivity index (χ1v) is 5.44. The van der Waals surface area contributed by atoms with Crippen LogP contribution in [0.3, 0.4) is 0 Å². The number of rotatable bonds is 4. The van der Waals surface area contributed by atoms with E-state index in [1.54, 1.807) is 6.07 Å². The molecular formula is C12H12N4O2. The smallest absolute Gasteiger partial charge is 0.106 e. The lowest BCUT2D eigenvalue weighted by Gasteiger charge is -2.16. The number of aromatic nitrogens is 1. The molecule has 0 saturated heterocycles. The van der Waals surface area contributed by atoms with Gasteiger partial charge in [-0.2, -0.15) is 0 Å². The van der Waals surface area contributed by atoms with Gasteiger partial charge in [-0.3, -0.25) is 4.98 Å². The van der Waals surface area contributed by atoms with E-state index in [2.05, 4.69) is 15.0 Å². The topological polar surface area (TPSA) is 102 Å². The molecule has 2 N–H and O–H groups in total. The Labute approximate surface area is 103 Å². The van der Waals surface area contributed by atoms with E-state index in [1.165, 1.54) is 6.20 Å². The molecule has 1 aromatic heterocycles. The third-order valence-corrected chi connectivity index (χ3v) is 2.65. The van der Waals surface area contributed by atoms with Gasteiger partial charge in [0.15, 0.2) is 0 Å². The molecule has 0 aliphatic heterocycles. The second kappa shape index (κ2) is 5.46. The van der Waals surface area contributed by atoms with Gasteiger partial charge in [0.25, 0.3) is 0 Å².